The first kappa shape index (κ1) is 17.3. The molecular weight excluding hydrogens is 350 g/mol. The van der Waals surface area contributed by atoms with Crippen molar-refractivity contribution in [2.75, 3.05) is 11.9 Å². The Morgan fingerprint density at radius 3 is 2.67 bits per heavy atom. The number of hydrogen-bond acceptors (Lipinski definition) is 3. The van der Waals surface area contributed by atoms with E-state index in [-0.39, 0.29) is 11.6 Å². The van der Waals surface area contributed by atoms with Gasteiger partial charge >= 0.3 is 5.89 Å². The van der Waals surface area contributed by atoms with Crippen molar-refractivity contribution in [2.24, 2.45) is 7.05 Å². The van der Waals surface area contributed by atoms with Crippen LogP contribution in [0.4, 0.5) is 14.5 Å². The van der Waals surface area contributed by atoms with E-state index in [1.54, 1.807) is 21.6 Å². The normalized spacial score (nSPS) is 15.5. The average Bonchev–Trinajstić information content (AvgIpc) is 3.12. The fourth-order valence-electron chi connectivity index (χ4n) is 3.09. The summed E-state index contributed by atoms with van der Waals surface area (Å²) in [6, 6.07) is 8.87. The third-order valence-corrected chi connectivity index (χ3v) is 4.68. The third kappa shape index (κ3) is 3.07. The van der Waals surface area contributed by atoms with Crippen LogP contribution < -0.4 is 14.2 Å². The molecule has 1 aliphatic rings. The summed E-state index contributed by atoms with van der Waals surface area (Å²) >= 11 is 0. The van der Waals surface area contributed by atoms with Gasteiger partial charge in [-0.3, -0.25) is 0 Å². The number of nitrogens with zero attached hydrogens (tertiary/aromatic N) is 2. The molecule has 6 heteroatoms. The highest BCUT2D eigenvalue weighted by atomic mass is 19.1. The molecule has 0 aliphatic carbocycles. The van der Waals surface area contributed by atoms with E-state index in [1.807, 2.05) is 33.2 Å². The maximum absolute atomic E-state index is 13.5. The molecular formula is C21H19F2N2O2+. The molecule has 3 aromatic rings. The Labute approximate surface area is 155 Å². The van der Waals surface area contributed by atoms with Crippen LogP contribution in [-0.4, -0.2) is 7.05 Å². The second kappa shape index (κ2) is 6.54. The highest BCUT2D eigenvalue weighted by Crippen LogP contribution is 2.38. The fraction of sp³-hybridized carbons (Fsp3) is 0.190. The molecule has 0 saturated heterocycles. The zero-order valence-corrected chi connectivity index (χ0v) is 15.3. The molecule has 0 radical (unpaired) electrons. The maximum atomic E-state index is 13.5. The zero-order chi connectivity index (χ0) is 19.1. The Bertz CT molecular complexity index is 1100. The van der Waals surface area contributed by atoms with Crippen LogP contribution in [-0.2, 0) is 7.05 Å². The molecule has 1 aromatic heterocycles. The monoisotopic (exact) mass is 369 g/mol. The van der Waals surface area contributed by atoms with Gasteiger partial charge in [0.1, 0.15) is 18.7 Å². The van der Waals surface area contributed by atoms with E-state index >= 15 is 0 Å². The van der Waals surface area contributed by atoms with Gasteiger partial charge in [0, 0.05) is 25.3 Å². The summed E-state index contributed by atoms with van der Waals surface area (Å²) in [5, 5.41) is 0. The molecule has 0 atom stereocenters. The minimum atomic E-state index is -0.307. The summed E-state index contributed by atoms with van der Waals surface area (Å²) in [5.74, 6) is 1.21. The first-order chi connectivity index (χ1) is 13.0. The van der Waals surface area contributed by atoms with Gasteiger partial charge in [0.15, 0.2) is 5.75 Å². The molecule has 4 rings (SSSR count). The Morgan fingerprint density at radius 1 is 1.15 bits per heavy atom. The lowest BCUT2D eigenvalue weighted by atomic mass is 10.2. The van der Waals surface area contributed by atoms with Gasteiger partial charge in [-0.2, -0.15) is 4.57 Å². The van der Waals surface area contributed by atoms with Crippen molar-refractivity contribution in [2.45, 2.75) is 13.3 Å². The van der Waals surface area contributed by atoms with E-state index < -0.39 is 0 Å². The molecule has 4 nitrogen and oxygen atoms in total. The van der Waals surface area contributed by atoms with Gasteiger partial charge in [0.2, 0.25) is 11.5 Å². The van der Waals surface area contributed by atoms with Gasteiger partial charge in [-0.25, -0.2) is 8.78 Å². The number of allylic oxidation sites excluding steroid dienone is 2. The quantitative estimate of drug-likeness (QED) is 0.627. The second-order valence-corrected chi connectivity index (χ2v) is 6.44. The maximum Gasteiger partial charge on any atom is 0.374 e. The van der Waals surface area contributed by atoms with Gasteiger partial charge in [-0.15, -0.1) is 0 Å². The molecule has 27 heavy (non-hydrogen) atoms. The molecule has 2 aromatic carbocycles. The van der Waals surface area contributed by atoms with Crippen molar-refractivity contribution in [3.05, 3.63) is 71.5 Å². The van der Waals surface area contributed by atoms with Gasteiger partial charge in [-0.1, -0.05) is 6.92 Å². The van der Waals surface area contributed by atoms with Crippen LogP contribution in [0.15, 0.2) is 58.3 Å². The number of aromatic nitrogens is 1. The van der Waals surface area contributed by atoms with Crippen LogP contribution in [0.2, 0.25) is 0 Å². The second-order valence-electron chi connectivity index (χ2n) is 6.44. The number of benzene rings is 2. The van der Waals surface area contributed by atoms with Gasteiger partial charge in [0.05, 0.1) is 11.8 Å². The largest absolute Gasteiger partial charge is 0.439 e. The number of fused-ring (bicyclic) bond motifs is 2. The van der Waals surface area contributed by atoms with Crippen molar-refractivity contribution in [3.8, 4) is 5.75 Å². The molecule has 0 fully saturated rings. The Hall–Kier alpha value is -3.15. The molecule has 0 spiro atoms. The topological polar surface area (TPSA) is 29.5 Å². The lowest BCUT2D eigenvalue weighted by molar-refractivity contribution is -0.652. The number of halogens is 2. The molecule has 0 amide bonds. The van der Waals surface area contributed by atoms with Crippen LogP contribution >= 0.6 is 0 Å². The van der Waals surface area contributed by atoms with Crippen LogP contribution in [0.25, 0.3) is 17.2 Å². The predicted molar refractivity (Wildman–Crippen MR) is 99.1 cm³/mol. The summed E-state index contributed by atoms with van der Waals surface area (Å²) < 4.78 is 40.5. The average molecular weight is 369 g/mol. The number of aryl methyl sites for hydroxylation is 1. The third-order valence-electron chi connectivity index (χ3n) is 4.68. The van der Waals surface area contributed by atoms with Crippen molar-refractivity contribution in [1.82, 2.24) is 0 Å². The van der Waals surface area contributed by atoms with Crippen molar-refractivity contribution >= 4 is 22.9 Å². The fourth-order valence-corrected chi connectivity index (χ4v) is 3.09. The highest BCUT2D eigenvalue weighted by Gasteiger charge is 2.24. The lowest BCUT2D eigenvalue weighted by Crippen LogP contribution is -2.29. The predicted octanol–water partition coefficient (Wildman–Crippen LogP) is 4.70. The Morgan fingerprint density at radius 2 is 1.89 bits per heavy atom. The molecule has 1 aliphatic heterocycles. The molecule has 138 valence electrons. The first-order valence-electron chi connectivity index (χ1n) is 8.67. The van der Waals surface area contributed by atoms with Crippen molar-refractivity contribution < 1.29 is 22.5 Å². The van der Waals surface area contributed by atoms with E-state index in [0.717, 1.165) is 12.0 Å². The Kier molecular flexibility index (Phi) is 4.18. The number of anilines is 1. The van der Waals surface area contributed by atoms with E-state index in [1.165, 1.54) is 24.3 Å². The van der Waals surface area contributed by atoms with E-state index in [0.29, 0.717) is 34.3 Å². The molecule has 0 saturated carbocycles. The number of ether oxygens (including phenoxy) is 1. The summed E-state index contributed by atoms with van der Waals surface area (Å²) in [7, 11) is 3.66. The molecule has 0 N–H and O–H groups in total. The summed E-state index contributed by atoms with van der Waals surface area (Å²) in [6.07, 6.45) is 4.52. The minimum Gasteiger partial charge on any atom is -0.439 e. The first-order valence-corrected chi connectivity index (χ1v) is 8.67. The van der Waals surface area contributed by atoms with Crippen LogP contribution in [0.1, 0.15) is 19.2 Å². The highest BCUT2D eigenvalue weighted by molar-refractivity contribution is 5.70. The van der Waals surface area contributed by atoms with Crippen LogP contribution in [0.5, 0.6) is 5.75 Å². The van der Waals surface area contributed by atoms with Gasteiger partial charge in [-0.05, 0) is 36.3 Å². The van der Waals surface area contributed by atoms with Gasteiger partial charge in [0.25, 0.3) is 5.52 Å². The minimum absolute atomic E-state index is 0.307. The lowest BCUT2D eigenvalue weighted by Gasteiger charge is -2.11. The summed E-state index contributed by atoms with van der Waals surface area (Å²) in [4.78, 5) is 1.80. The molecule has 0 bridgehead atoms. The molecule has 2 heterocycles. The number of hydrogen-bond donors (Lipinski definition) is 0. The Balaban J connectivity index is 1.71. The smallest absolute Gasteiger partial charge is 0.374 e. The SMILES string of the molecule is CCC(/C=C1\Oc2ccc(F)cc2N1C)=C\c1oc2ccc(F)cc2[n+]1C. The van der Waals surface area contributed by atoms with Crippen LogP contribution in [0.3, 0.4) is 0 Å². The number of oxazole rings is 1. The van der Waals surface area contributed by atoms with Gasteiger partial charge < -0.3 is 14.1 Å². The van der Waals surface area contributed by atoms with Crippen molar-refractivity contribution in [1.29, 1.82) is 0 Å². The molecule has 0 unspecified atom stereocenters. The standard InChI is InChI=1S/C21H19F2N2O2/c1-4-13(9-20-24(2)16-11-14(22)5-7-18(16)26-20)10-21-25(3)17-12-15(23)6-8-19(17)27-21/h5-12H,4H2,1-3H3/q+1. The summed E-state index contributed by atoms with van der Waals surface area (Å²) in [6.45, 7) is 2.02. The number of rotatable bonds is 3. The van der Waals surface area contributed by atoms with E-state index in [9.17, 15) is 8.78 Å². The van der Waals surface area contributed by atoms with Crippen molar-refractivity contribution in [3.63, 3.8) is 0 Å². The zero-order valence-electron chi connectivity index (χ0n) is 15.3. The van der Waals surface area contributed by atoms with E-state index in [4.69, 9.17) is 9.15 Å². The van der Waals surface area contributed by atoms with E-state index in [2.05, 4.69) is 0 Å². The summed E-state index contributed by atoms with van der Waals surface area (Å²) in [5.41, 5.74) is 2.94. The van der Waals surface area contributed by atoms with Crippen LogP contribution in [0, 0.1) is 11.6 Å².